The van der Waals surface area contributed by atoms with E-state index in [0.29, 0.717) is 17.1 Å². The van der Waals surface area contributed by atoms with Gasteiger partial charge in [0.2, 0.25) is 0 Å². The molecule has 88 valence electrons. The number of carbonyl (C=O) groups excluding carboxylic acids is 1. The Bertz CT molecular complexity index is 546. The molecule has 2 aromatic heterocycles. The lowest BCUT2D eigenvalue weighted by Gasteiger charge is -2.06. The van der Waals surface area contributed by atoms with E-state index in [9.17, 15) is 4.79 Å². The Hall–Kier alpha value is -2.30. The van der Waals surface area contributed by atoms with Crippen LogP contribution in [0.1, 0.15) is 10.5 Å². The summed E-state index contributed by atoms with van der Waals surface area (Å²) in [6, 6.07) is 7.12. The Morgan fingerprint density at radius 3 is 2.82 bits per heavy atom. The minimum Gasteiger partial charge on any atom is -0.464 e. The Morgan fingerprint density at radius 2 is 2.24 bits per heavy atom. The molecule has 0 bridgehead atoms. The lowest BCUT2D eigenvalue weighted by Crippen LogP contribution is -2.08. The maximum absolute atomic E-state index is 11.5. The van der Waals surface area contributed by atoms with Crippen LogP contribution in [0.3, 0.4) is 0 Å². The zero-order valence-electron chi connectivity index (χ0n) is 9.68. The minimum absolute atomic E-state index is 0.408. The second-order valence-corrected chi connectivity index (χ2v) is 3.60. The van der Waals surface area contributed by atoms with Crippen LogP contribution in [0, 0.1) is 0 Å². The van der Waals surface area contributed by atoms with E-state index in [0.717, 1.165) is 5.69 Å². The monoisotopic (exact) mass is 231 g/mol. The molecule has 0 aromatic carbocycles. The molecule has 2 rings (SSSR count). The molecule has 2 N–H and O–H groups in total. The van der Waals surface area contributed by atoms with Crippen LogP contribution in [0.4, 0.5) is 5.69 Å². The lowest BCUT2D eigenvalue weighted by atomic mass is 10.2. The van der Waals surface area contributed by atoms with Crippen LogP contribution in [-0.2, 0) is 11.8 Å². The number of pyridine rings is 1. The van der Waals surface area contributed by atoms with E-state index in [-0.39, 0.29) is 0 Å². The normalized spacial score (nSPS) is 10.2. The number of aromatic nitrogens is 2. The molecule has 0 unspecified atom stereocenters. The van der Waals surface area contributed by atoms with Crippen LogP contribution >= 0.6 is 0 Å². The van der Waals surface area contributed by atoms with E-state index in [2.05, 4.69) is 9.72 Å². The van der Waals surface area contributed by atoms with Crippen molar-refractivity contribution >= 4 is 11.7 Å². The Morgan fingerprint density at radius 1 is 1.47 bits per heavy atom. The maximum atomic E-state index is 11.5. The van der Waals surface area contributed by atoms with Gasteiger partial charge >= 0.3 is 5.97 Å². The number of hydrogen-bond acceptors (Lipinski definition) is 4. The first kappa shape index (κ1) is 11.2. The van der Waals surface area contributed by atoms with E-state index >= 15 is 0 Å². The smallest absolute Gasteiger partial charge is 0.354 e. The Labute approximate surface area is 98.8 Å². The number of nitrogens with two attached hydrogens (primary N) is 1. The molecule has 0 saturated heterocycles. The Kier molecular flexibility index (Phi) is 2.82. The van der Waals surface area contributed by atoms with Gasteiger partial charge in [-0.15, -0.1) is 0 Å². The van der Waals surface area contributed by atoms with Gasteiger partial charge < -0.3 is 15.0 Å². The van der Waals surface area contributed by atoms with Gasteiger partial charge in [-0.25, -0.2) is 4.79 Å². The predicted octanol–water partition coefficient (Wildman–Crippen LogP) is 1.46. The number of rotatable bonds is 2. The van der Waals surface area contributed by atoms with Crippen LogP contribution in [0.25, 0.3) is 11.4 Å². The Balaban J connectivity index is 2.57. The summed E-state index contributed by atoms with van der Waals surface area (Å²) >= 11 is 0. The molecule has 17 heavy (non-hydrogen) atoms. The summed E-state index contributed by atoms with van der Waals surface area (Å²) < 4.78 is 6.37. The lowest BCUT2D eigenvalue weighted by molar-refractivity contribution is 0.0590. The van der Waals surface area contributed by atoms with E-state index in [1.807, 2.05) is 18.2 Å². The quantitative estimate of drug-likeness (QED) is 0.794. The molecular formula is C12H13N3O2. The van der Waals surface area contributed by atoms with E-state index in [1.54, 1.807) is 23.9 Å². The van der Waals surface area contributed by atoms with Crippen molar-refractivity contribution in [3.8, 4) is 11.4 Å². The van der Waals surface area contributed by atoms with Crippen LogP contribution in [-0.4, -0.2) is 22.6 Å². The fourth-order valence-corrected chi connectivity index (χ4v) is 1.75. The first-order valence-corrected chi connectivity index (χ1v) is 5.10. The number of anilines is 1. The van der Waals surface area contributed by atoms with Crippen molar-refractivity contribution < 1.29 is 9.53 Å². The van der Waals surface area contributed by atoms with Gasteiger partial charge in [-0.2, -0.15) is 0 Å². The summed E-state index contributed by atoms with van der Waals surface area (Å²) in [7, 11) is 3.10. The molecular weight excluding hydrogens is 218 g/mol. The molecule has 5 heteroatoms. The summed E-state index contributed by atoms with van der Waals surface area (Å²) in [5.41, 5.74) is 8.25. The highest BCUT2D eigenvalue weighted by Crippen LogP contribution is 2.27. The second kappa shape index (κ2) is 4.29. The highest BCUT2D eigenvalue weighted by molar-refractivity contribution is 5.92. The van der Waals surface area contributed by atoms with Gasteiger partial charge in [-0.05, 0) is 18.2 Å². The van der Waals surface area contributed by atoms with Gasteiger partial charge in [0.1, 0.15) is 5.69 Å². The van der Waals surface area contributed by atoms with Crippen molar-refractivity contribution in [2.45, 2.75) is 0 Å². The summed E-state index contributed by atoms with van der Waals surface area (Å²) in [5, 5.41) is 0. The largest absolute Gasteiger partial charge is 0.464 e. The maximum Gasteiger partial charge on any atom is 0.354 e. The number of carbonyl (C=O) groups is 1. The van der Waals surface area contributed by atoms with E-state index in [4.69, 9.17) is 5.73 Å². The third-order valence-electron chi connectivity index (χ3n) is 2.56. The van der Waals surface area contributed by atoms with E-state index in [1.165, 1.54) is 7.11 Å². The minimum atomic E-state index is -0.415. The molecule has 0 fully saturated rings. The average Bonchev–Trinajstić information content (AvgIpc) is 2.65. The summed E-state index contributed by atoms with van der Waals surface area (Å²) in [6.07, 6.45) is 1.68. The third-order valence-corrected chi connectivity index (χ3v) is 2.56. The van der Waals surface area contributed by atoms with Gasteiger partial charge in [-0.1, -0.05) is 6.07 Å². The molecule has 0 saturated carbocycles. The molecule has 0 amide bonds. The average molecular weight is 231 g/mol. The molecule has 0 aliphatic rings. The number of hydrogen-bond donors (Lipinski definition) is 1. The third kappa shape index (κ3) is 1.87. The first-order chi connectivity index (χ1) is 8.15. The van der Waals surface area contributed by atoms with Crippen molar-refractivity contribution in [3.05, 3.63) is 36.2 Å². The number of nitrogens with zero attached hydrogens (tertiary/aromatic N) is 2. The highest BCUT2D eigenvalue weighted by Gasteiger charge is 2.18. The van der Waals surface area contributed by atoms with Crippen molar-refractivity contribution in [2.24, 2.45) is 7.05 Å². The first-order valence-electron chi connectivity index (χ1n) is 5.10. The molecule has 0 aliphatic heterocycles. The van der Waals surface area contributed by atoms with Gasteiger partial charge in [0, 0.05) is 13.2 Å². The van der Waals surface area contributed by atoms with Crippen LogP contribution in [0.5, 0.6) is 0 Å². The number of nitrogen functional groups attached to an aromatic ring is 1. The van der Waals surface area contributed by atoms with Crippen LogP contribution in [0.15, 0.2) is 30.5 Å². The molecule has 5 nitrogen and oxygen atoms in total. The molecule has 2 heterocycles. The molecule has 0 atom stereocenters. The van der Waals surface area contributed by atoms with Gasteiger partial charge in [-0.3, -0.25) is 4.98 Å². The predicted molar refractivity (Wildman–Crippen MR) is 64.4 cm³/mol. The summed E-state index contributed by atoms with van der Waals surface area (Å²) in [4.78, 5) is 15.7. The van der Waals surface area contributed by atoms with E-state index < -0.39 is 5.97 Å². The number of esters is 1. The topological polar surface area (TPSA) is 70.1 Å². The molecule has 2 aromatic rings. The summed E-state index contributed by atoms with van der Waals surface area (Å²) in [5.74, 6) is -0.415. The van der Waals surface area contributed by atoms with Crippen molar-refractivity contribution in [1.29, 1.82) is 0 Å². The van der Waals surface area contributed by atoms with Gasteiger partial charge in [0.05, 0.1) is 24.2 Å². The zero-order chi connectivity index (χ0) is 12.4. The summed E-state index contributed by atoms with van der Waals surface area (Å²) in [6.45, 7) is 0. The van der Waals surface area contributed by atoms with Crippen LogP contribution < -0.4 is 5.73 Å². The fourth-order valence-electron chi connectivity index (χ4n) is 1.75. The van der Waals surface area contributed by atoms with Gasteiger partial charge in [0.25, 0.3) is 0 Å². The zero-order valence-corrected chi connectivity index (χ0v) is 9.68. The standard InChI is InChI=1S/C12H13N3O2/c1-15-10(12(16)17-2)7-8(13)11(15)9-5-3-4-6-14-9/h3-7H,13H2,1-2H3. The molecule has 0 spiro atoms. The van der Waals surface area contributed by atoms with Gasteiger partial charge in [0.15, 0.2) is 0 Å². The van der Waals surface area contributed by atoms with Crippen LogP contribution in [0.2, 0.25) is 0 Å². The second-order valence-electron chi connectivity index (χ2n) is 3.60. The fraction of sp³-hybridized carbons (Fsp3) is 0.167. The highest BCUT2D eigenvalue weighted by atomic mass is 16.5. The molecule has 0 aliphatic carbocycles. The SMILES string of the molecule is COC(=O)c1cc(N)c(-c2ccccn2)n1C. The van der Waals surface area contributed by atoms with Crippen molar-refractivity contribution in [2.75, 3.05) is 12.8 Å². The molecule has 0 radical (unpaired) electrons. The van der Waals surface area contributed by atoms with Crippen molar-refractivity contribution in [1.82, 2.24) is 9.55 Å². The number of ether oxygens (including phenoxy) is 1. The van der Waals surface area contributed by atoms with Crippen molar-refractivity contribution in [3.63, 3.8) is 0 Å². The number of methoxy groups -OCH3 is 1.